The van der Waals surface area contributed by atoms with Crippen LogP contribution in [-0.2, 0) is 68.6 Å². The summed E-state index contributed by atoms with van der Waals surface area (Å²) >= 11 is 0. The van der Waals surface area contributed by atoms with Crippen LogP contribution in [0, 0.1) is 0 Å². The number of aromatic nitrogens is 8. The van der Waals surface area contributed by atoms with Crippen LogP contribution in [0.4, 0.5) is 0 Å². The molecule has 112 heavy (non-hydrogen) atoms. The fourth-order valence-electron chi connectivity index (χ4n) is 14.0. The maximum atomic E-state index is 11.8. The molecule has 16 aromatic rings. The van der Waals surface area contributed by atoms with E-state index in [-0.39, 0.29) is 24.6 Å². The summed E-state index contributed by atoms with van der Waals surface area (Å²) in [4.78, 5) is 18.3. The topological polar surface area (TPSA) is 346 Å². The zero-order valence-electron chi connectivity index (χ0n) is 61.6. The molecule has 0 saturated carbocycles. The number of sulfonamides is 2. The van der Waals surface area contributed by atoms with Crippen molar-refractivity contribution in [1.29, 1.82) is 0 Å². The minimum atomic E-state index is -3.72. The fourth-order valence-corrected chi connectivity index (χ4v) is 15.8. The van der Waals surface area contributed by atoms with Gasteiger partial charge in [0.1, 0.15) is 5.75 Å². The van der Waals surface area contributed by atoms with Crippen LogP contribution in [0.5, 0.6) is 40.2 Å². The molecule has 576 valence electrons. The number of ether oxygens (including phenoxy) is 7. The van der Waals surface area contributed by atoms with Crippen LogP contribution < -0.4 is 54.3 Å². The smallest absolute Gasteiger partial charge is 0.277 e. The second-order valence-corrected chi connectivity index (χ2v) is 31.1. The number of nitrogens with zero attached hydrogens (tertiary/aromatic N) is 9. The molecule has 9 heterocycles. The summed E-state index contributed by atoms with van der Waals surface area (Å²) < 4.78 is 117. The van der Waals surface area contributed by atoms with Gasteiger partial charge in [-0.1, -0.05) is 62.0 Å². The number of methoxy groups -OCH3 is 7. The SMILES string of the molecule is C.COc1cc2ncc3ccn(-c4ccc(CN)cc4)c3c2cc1OC.COc1cc2ncc3ccn(-c4ccc5c(c4)CN(S(N)(=O)=O)CC5)c3c2cc1OC.COc1cc2ncc3ccn(Cc4ccc(CS(N)(=O)=O)cc4)c3c2cc1OC.COc1ccc2c(c1)ncc1ccn(Cc3ccc(S(N)(=O)=O)cc3)c12. The highest BCUT2D eigenvalue weighted by atomic mass is 32.2. The van der Waals surface area contributed by atoms with E-state index in [0.29, 0.717) is 72.7 Å². The number of rotatable bonds is 18. The van der Waals surface area contributed by atoms with E-state index >= 15 is 0 Å². The van der Waals surface area contributed by atoms with Crippen LogP contribution in [0.2, 0.25) is 0 Å². The molecule has 8 aromatic carbocycles. The molecule has 1 aliphatic rings. The lowest BCUT2D eigenvalue weighted by Gasteiger charge is -2.26. The summed E-state index contributed by atoms with van der Waals surface area (Å²) in [7, 11) is 0.384. The highest BCUT2D eigenvalue weighted by molar-refractivity contribution is 7.89. The van der Waals surface area contributed by atoms with Gasteiger partial charge in [-0.3, -0.25) is 19.9 Å². The standard InChI is InChI=1S/C22H22N4O4S.C21H21N3O4S.C20H19N3O2.C19H17N3O3S.CH4/c1-29-20-10-18-19(11-21(20)30-2)24-12-15-6-8-26(22(15)18)17-4-3-14-5-7-25(31(23,27)28)13-16(14)9-17;1-27-19-9-17-18(10-20(19)28-2)23-11-16-7-8-24(21(16)17)12-14-3-5-15(6-4-14)13-29(22,25)26;1-24-18-9-16-17(10-19(18)25-2)22-12-14-7-8-23(20(14)16)15-5-3-13(11-21)4-6-15;1-25-15-4-7-17-18(10-15)21-11-14-8-9-22(19(14)17)12-13-2-5-16(6-3-13)26(20,23)24;/h3-4,6,8-12H,5,7,13H2,1-2H3,(H2,23,27,28);3-11H,12-13H2,1-2H3,(H2,22,25,26);3-10,12H,11,21H2,1-2H3;2-11H,12H2,1H3,(H2,20,23,24);1H4. The van der Waals surface area contributed by atoms with Gasteiger partial charge in [0.15, 0.2) is 34.5 Å². The average molecular weight is 1570 g/mol. The molecule has 17 rings (SSSR count). The van der Waals surface area contributed by atoms with Gasteiger partial charge < -0.3 is 57.2 Å². The van der Waals surface area contributed by atoms with Crippen LogP contribution in [0.1, 0.15) is 40.8 Å². The number of benzene rings is 8. The van der Waals surface area contributed by atoms with E-state index < -0.39 is 30.3 Å². The average Bonchev–Trinajstić information content (AvgIpc) is 1.50. The molecular weight excluding hydrogens is 1480 g/mol. The quantitative estimate of drug-likeness (QED) is 0.0620. The highest BCUT2D eigenvalue weighted by Gasteiger charge is 2.25. The molecule has 26 nitrogen and oxygen atoms in total. The maximum Gasteiger partial charge on any atom is 0.277 e. The Morgan fingerprint density at radius 1 is 0.393 bits per heavy atom. The van der Waals surface area contributed by atoms with E-state index in [4.69, 9.17) is 54.3 Å². The third kappa shape index (κ3) is 16.2. The van der Waals surface area contributed by atoms with Crippen molar-refractivity contribution >= 4 is 117 Å². The van der Waals surface area contributed by atoms with Crippen LogP contribution in [0.25, 0.3) is 98.6 Å². The van der Waals surface area contributed by atoms with Crippen molar-refractivity contribution < 1.29 is 58.4 Å². The van der Waals surface area contributed by atoms with Gasteiger partial charge in [-0.25, -0.2) is 32.3 Å². The van der Waals surface area contributed by atoms with Gasteiger partial charge in [0, 0.05) is 161 Å². The lowest BCUT2D eigenvalue weighted by Crippen LogP contribution is -2.40. The van der Waals surface area contributed by atoms with Crippen molar-refractivity contribution in [2.24, 2.45) is 21.2 Å². The lowest BCUT2D eigenvalue weighted by atomic mass is 10.0. The first-order chi connectivity index (χ1) is 53.5. The Hall–Kier alpha value is -12.2. The number of nitrogens with two attached hydrogens (primary N) is 4. The van der Waals surface area contributed by atoms with E-state index in [1.165, 1.54) is 16.4 Å². The summed E-state index contributed by atoms with van der Waals surface area (Å²) in [6, 6.07) is 53.9. The Bertz CT molecular complexity index is 6570. The summed E-state index contributed by atoms with van der Waals surface area (Å²) in [6.07, 6.45) is 16.1. The Labute approximate surface area is 647 Å². The summed E-state index contributed by atoms with van der Waals surface area (Å²) in [5, 5.41) is 23.7. The summed E-state index contributed by atoms with van der Waals surface area (Å²) in [5.74, 6) is 4.49. The third-order valence-corrected chi connectivity index (χ3v) is 22.2. The molecule has 0 saturated heterocycles. The molecule has 8 aromatic heterocycles. The number of hydrogen-bond acceptors (Lipinski definition) is 18. The molecule has 0 spiro atoms. The second kappa shape index (κ2) is 32.4. The molecule has 1 aliphatic heterocycles. The Morgan fingerprint density at radius 3 is 1.24 bits per heavy atom. The Balaban J connectivity index is 0.000000131. The van der Waals surface area contributed by atoms with E-state index in [0.717, 1.165) is 132 Å². The van der Waals surface area contributed by atoms with E-state index in [1.807, 2.05) is 147 Å². The third-order valence-electron chi connectivity index (χ3n) is 19.5. The lowest BCUT2D eigenvalue weighted by molar-refractivity contribution is 0.356. The predicted molar refractivity (Wildman–Crippen MR) is 439 cm³/mol. The molecule has 29 heteroatoms. The largest absolute Gasteiger partial charge is 0.497 e. The van der Waals surface area contributed by atoms with Gasteiger partial charge in [-0.05, 0) is 131 Å². The van der Waals surface area contributed by atoms with Crippen molar-refractivity contribution in [3.8, 4) is 51.6 Å². The van der Waals surface area contributed by atoms with Crippen LogP contribution in [0.3, 0.4) is 0 Å². The molecule has 0 bridgehead atoms. The maximum absolute atomic E-state index is 11.8. The molecule has 0 fully saturated rings. The zero-order chi connectivity index (χ0) is 78.0. The Morgan fingerprint density at radius 2 is 0.795 bits per heavy atom. The molecule has 0 amide bonds. The number of fused-ring (bicyclic) bond motifs is 13. The minimum absolute atomic E-state index is 0. The van der Waals surface area contributed by atoms with Gasteiger partial charge in [0.05, 0.1) is 105 Å². The van der Waals surface area contributed by atoms with Crippen LogP contribution in [-0.4, -0.2) is 124 Å². The van der Waals surface area contributed by atoms with E-state index in [1.54, 1.807) is 74.0 Å². The zero-order valence-corrected chi connectivity index (χ0v) is 64.1. The first kappa shape index (κ1) is 77.9. The molecule has 8 N–H and O–H groups in total. The predicted octanol–water partition coefficient (Wildman–Crippen LogP) is 13.0. The molecule has 0 atom stereocenters. The minimum Gasteiger partial charge on any atom is -0.497 e. The summed E-state index contributed by atoms with van der Waals surface area (Å²) in [6.45, 7) is 2.45. The van der Waals surface area contributed by atoms with Gasteiger partial charge in [-0.15, -0.1) is 0 Å². The van der Waals surface area contributed by atoms with Crippen molar-refractivity contribution in [3.05, 3.63) is 253 Å². The van der Waals surface area contributed by atoms with Crippen molar-refractivity contribution in [2.75, 3.05) is 56.3 Å². The monoisotopic (exact) mass is 1570 g/mol. The number of pyridine rings is 4. The molecule has 0 aliphatic carbocycles. The number of hydrogen-bond donors (Lipinski definition) is 4. The Kier molecular flexibility index (Phi) is 22.5. The number of primary sulfonamides is 2. The van der Waals surface area contributed by atoms with Gasteiger partial charge in [-0.2, -0.15) is 12.7 Å². The van der Waals surface area contributed by atoms with Crippen LogP contribution >= 0.6 is 0 Å². The van der Waals surface area contributed by atoms with E-state index in [9.17, 15) is 25.3 Å². The molecule has 0 radical (unpaired) electrons. The summed E-state index contributed by atoms with van der Waals surface area (Å²) in [5.41, 5.74) is 21.2. The van der Waals surface area contributed by atoms with Crippen LogP contribution in [0.15, 0.2) is 224 Å². The van der Waals surface area contributed by atoms with Crippen molar-refractivity contribution in [3.63, 3.8) is 0 Å². The highest BCUT2D eigenvalue weighted by Crippen LogP contribution is 2.40. The normalized spacial score (nSPS) is 12.4. The second-order valence-electron chi connectivity index (χ2n) is 26.3. The molecule has 0 unspecified atom stereocenters. The van der Waals surface area contributed by atoms with Gasteiger partial charge in [0.25, 0.3) is 10.2 Å². The van der Waals surface area contributed by atoms with E-state index in [2.05, 4.69) is 74.7 Å². The van der Waals surface area contributed by atoms with Gasteiger partial charge >= 0.3 is 0 Å². The van der Waals surface area contributed by atoms with Crippen molar-refractivity contribution in [1.82, 2.24) is 42.5 Å². The first-order valence-electron chi connectivity index (χ1n) is 34.8. The van der Waals surface area contributed by atoms with Crippen molar-refractivity contribution in [2.45, 2.75) is 50.7 Å². The van der Waals surface area contributed by atoms with Gasteiger partial charge in [0.2, 0.25) is 20.0 Å². The first-order valence-corrected chi connectivity index (χ1v) is 39.6. The fraction of sp³-hybridized carbons (Fsp3) is 0.181. The molecular formula is C83H83N13O13S3.